The first-order valence-electron chi connectivity index (χ1n) is 7.97. The smallest absolute Gasteiger partial charge is 0.259 e. The number of ether oxygens (including phenoxy) is 1. The minimum atomic E-state index is -1.08. The third-order valence-electron chi connectivity index (χ3n) is 4.42. The highest BCUT2D eigenvalue weighted by molar-refractivity contribution is 7.81. The van der Waals surface area contributed by atoms with E-state index in [1.165, 1.54) is 29.0 Å². The van der Waals surface area contributed by atoms with Gasteiger partial charge in [-0.3, -0.25) is 9.69 Å². The van der Waals surface area contributed by atoms with E-state index in [0.29, 0.717) is 22.7 Å². The summed E-state index contributed by atoms with van der Waals surface area (Å²) in [6, 6.07) is 10.5. The van der Waals surface area contributed by atoms with Gasteiger partial charge in [-0.25, -0.2) is 4.39 Å². The van der Waals surface area contributed by atoms with Crippen LogP contribution in [0.1, 0.15) is 19.4 Å². The number of phenols is 1. The average Bonchev–Trinajstić information content (AvgIpc) is 2.81. The Balaban J connectivity index is 2.09. The van der Waals surface area contributed by atoms with Crippen LogP contribution in [-0.2, 0) is 4.79 Å². The van der Waals surface area contributed by atoms with Gasteiger partial charge in [-0.05, 0) is 50.3 Å². The second kappa shape index (κ2) is 6.52. The number of methoxy groups -OCH3 is 1. The van der Waals surface area contributed by atoms with E-state index in [1.807, 2.05) is 6.07 Å². The molecule has 0 aromatic heterocycles. The van der Waals surface area contributed by atoms with E-state index >= 15 is 0 Å². The van der Waals surface area contributed by atoms with Crippen molar-refractivity contribution in [2.24, 2.45) is 0 Å². The SMILES string of the molecule is COc1cc(N2C(=O)C(C)(C)N(c3ccc(O)c(F)c3)C2=S)ccc1C#N. The maximum atomic E-state index is 13.8. The van der Waals surface area contributed by atoms with Crippen LogP contribution in [0.4, 0.5) is 15.8 Å². The molecule has 138 valence electrons. The van der Waals surface area contributed by atoms with Gasteiger partial charge >= 0.3 is 0 Å². The third-order valence-corrected chi connectivity index (χ3v) is 4.79. The molecule has 2 aromatic carbocycles. The molecule has 27 heavy (non-hydrogen) atoms. The largest absolute Gasteiger partial charge is 0.505 e. The Labute approximate surface area is 161 Å². The van der Waals surface area contributed by atoms with Gasteiger partial charge in [-0.1, -0.05) is 0 Å². The molecule has 1 heterocycles. The van der Waals surface area contributed by atoms with Gasteiger partial charge in [0, 0.05) is 17.8 Å². The normalized spacial score (nSPS) is 15.8. The molecule has 2 aromatic rings. The van der Waals surface area contributed by atoms with E-state index in [9.17, 15) is 14.3 Å². The topological polar surface area (TPSA) is 76.8 Å². The lowest BCUT2D eigenvalue weighted by atomic mass is 10.0. The Kier molecular flexibility index (Phi) is 4.49. The summed E-state index contributed by atoms with van der Waals surface area (Å²) in [7, 11) is 1.43. The zero-order valence-corrected chi connectivity index (χ0v) is 15.7. The van der Waals surface area contributed by atoms with Gasteiger partial charge in [-0.15, -0.1) is 0 Å². The predicted octanol–water partition coefficient (Wildman–Crippen LogP) is 3.33. The van der Waals surface area contributed by atoms with Crippen LogP contribution in [0.3, 0.4) is 0 Å². The van der Waals surface area contributed by atoms with Crippen LogP contribution in [0.5, 0.6) is 11.5 Å². The molecule has 1 fully saturated rings. The summed E-state index contributed by atoms with van der Waals surface area (Å²) in [5, 5.41) is 18.7. The van der Waals surface area contributed by atoms with Crippen LogP contribution in [0.15, 0.2) is 36.4 Å². The van der Waals surface area contributed by atoms with Crippen LogP contribution in [-0.4, -0.2) is 28.8 Å². The number of carbonyl (C=O) groups excluding carboxylic acids is 1. The molecule has 0 atom stereocenters. The molecule has 8 heteroatoms. The van der Waals surface area contributed by atoms with Gasteiger partial charge in [-0.2, -0.15) is 5.26 Å². The maximum absolute atomic E-state index is 13.8. The molecule has 1 aliphatic rings. The number of nitriles is 1. The van der Waals surface area contributed by atoms with Gasteiger partial charge in [0.25, 0.3) is 5.91 Å². The van der Waals surface area contributed by atoms with Crippen LogP contribution >= 0.6 is 12.2 Å². The molecular weight excluding hydrogens is 369 g/mol. The zero-order valence-electron chi connectivity index (χ0n) is 14.9. The molecule has 6 nitrogen and oxygen atoms in total. The summed E-state index contributed by atoms with van der Waals surface area (Å²) in [6.07, 6.45) is 0. The van der Waals surface area contributed by atoms with Crippen molar-refractivity contribution in [1.29, 1.82) is 5.26 Å². The highest BCUT2D eigenvalue weighted by Gasteiger charge is 2.50. The van der Waals surface area contributed by atoms with E-state index in [-0.39, 0.29) is 11.0 Å². The summed E-state index contributed by atoms with van der Waals surface area (Å²) in [5.74, 6) is -1.29. The van der Waals surface area contributed by atoms with Crippen molar-refractivity contribution < 1.29 is 19.0 Å². The van der Waals surface area contributed by atoms with Crippen molar-refractivity contribution in [3.63, 3.8) is 0 Å². The second-order valence-electron chi connectivity index (χ2n) is 6.45. The molecule has 0 spiro atoms. The van der Waals surface area contributed by atoms with E-state index in [0.717, 1.165) is 6.07 Å². The summed E-state index contributed by atoms with van der Waals surface area (Å²) in [6.45, 7) is 3.35. The summed E-state index contributed by atoms with van der Waals surface area (Å²) >= 11 is 5.51. The third kappa shape index (κ3) is 2.86. The lowest BCUT2D eigenvalue weighted by molar-refractivity contribution is -0.120. The minimum Gasteiger partial charge on any atom is -0.505 e. The van der Waals surface area contributed by atoms with Gasteiger partial charge in [0.1, 0.15) is 17.4 Å². The number of carbonyl (C=O) groups is 1. The number of anilines is 2. The van der Waals surface area contributed by atoms with E-state index in [4.69, 9.17) is 22.2 Å². The summed E-state index contributed by atoms with van der Waals surface area (Å²) in [4.78, 5) is 15.9. The standard InChI is InChI=1S/C19H16FN3O3S/c1-19(2)17(25)22(12-5-4-11(10-21)16(9-12)26-3)18(27)23(19)13-6-7-15(24)14(20)8-13/h4-9,24H,1-3H3. The van der Waals surface area contributed by atoms with Crippen LogP contribution < -0.4 is 14.5 Å². The lowest BCUT2D eigenvalue weighted by Crippen LogP contribution is -2.44. The maximum Gasteiger partial charge on any atom is 0.259 e. The molecule has 1 amide bonds. The Morgan fingerprint density at radius 1 is 1.22 bits per heavy atom. The van der Waals surface area contributed by atoms with Crippen molar-refractivity contribution in [1.82, 2.24) is 0 Å². The number of amides is 1. The number of rotatable bonds is 3. The molecule has 1 saturated heterocycles. The average molecular weight is 385 g/mol. The molecule has 0 unspecified atom stereocenters. The summed E-state index contributed by atoms with van der Waals surface area (Å²) in [5.41, 5.74) is 0.0321. The predicted molar refractivity (Wildman–Crippen MR) is 102 cm³/mol. The van der Waals surface area contributed by atoms with Gasteiger partial charge < -0.3 is 14.7 Å². The molecule has 1 N–H and O–H groups in total. The van der Waals surface area contributed by atoms with E-state index in [2.05, 4.69) is 0 Å². The fraction of sp³-hybridized carbons (Fsp3) is 0.211. The Morgan fingerprint density at radius 3 is 2.48 bits per heavy atom. The van der Waals surface area contributed by atoms with Gasteiger partial charge in [0.15, 0.2) is 16.7 Å². The fourth-order valence-corrected chi connectivity index (χ4v) is 3.52. The van der Waals surface area contributed by atoms with Crippen molar-refractivity contribution in [3.8, 4) is 17.6 Å². The fourth-order valence-electron chi connectivity index (χ4n) is 3.00. The first-order chi connectivity index (χ1) is 12.7. The van der Waals surface area contributed by atoms with Crippen LogP contribution in [0, 0.1) is 17.1 Å². The van der Waals surface area contributed by atoms with Crippen molar-refractivity contribution in [2.75, 3.05) is 16.9 Å². The molecule has 0 aliphatic carbocycles. The number of halogens is 1. The van der Waals surface area contributed by atoms with Crippen LogP contribution in [0.2, 0.25) is 0 Å². The number of benzene rings is 2. The number of hydrogen-bond acceptors (Lipinski definition) is 5. The highest BCUT2D eigenvalue weighted by Crippen LogP contribution is 2.38. The Hall–Kier alpha value is -3.18. The highest BCUT2D eigenvalue weighted by atomic mass is 32.1. The van der Waals surface area contributed by atoms with E-state index in [1.54, 1.807) is 32.0 Å². The number of nitrogens with zero attached hydrogens (tertiary/aromatic N) is 3. The molecular formula is C19H16FN3O3S. The number of hydrogen-bond donors (Lipinski definition) is 1. The van der Waals surface area contributed by atoms with Crippen molar-refractivity contribution in [2.45, 2.75) is 19.4 Å². The van der Waals surface area contributed by atoms with Crippen molar-refractivity contribution in [3.05, 3.63) is 47.8 Å². The monoisotopic (exact) mass is 385 g/mol. The molecule has 0 saturated carbocycles. The van der Waals surface area contributed by atoms with Crippen molar-refractivity contribution >= 4 is 34.6 Å². The number of phenolic OH excluding ortho intramolecular Hbond substituents is 1. The molecule has 3 rings (SSSR count). The van der Waals surface area contributed by atoms with Gasteiger partial charge in [0.2, 0.25) is 0 Å². The minimum absolute atomic E-state index is 0.154. The Bertz CT molecular complexity index is 1000. The zero-order chi connectivity index (χ0) is 19.9. The van der Waals surface area contributed by atoms with Gasteiger partial charge in [0.05, 0.1) is 18.4 Å². The summed E-state index contributed by atoms with van der Waals surface area (Å²) < 4.78 is 19.0. The first-order valence-corrected chi connectivity index (χ1v) is 8.38. The molecule has 0 bridgehead atoms. The number of aromatic hydroxyl groups is 1. The number of thiocarbonyl (C=S) groups is 1. The quantitative estimate of drug-likeness (QED) is 0.817. The molecule has 1 aliphatic heterocycles. The van der Waals surface area contributed by atoms with E-state index < -0.39 is 17.1 Å². The van der Waals surface area contributed by atoms with Crippen LogP contribution in [0.25, 0.3) is 0 Å². The Morgan fingerprint density at radius 2 is 1.89 bits per heavy atom. The lowest BCUT2D eigenvalue weighted by Gasteiger charge is -2.29. The first kappa shape index (κ1) is 18.6. The second-order valence-corrected chi connectivity index (χ2v) is 6.81. The molecule has 0 radical (unpaired) electrons.